The van der Waals surface area contributed by atoms with Crippen LogP contribution in [0, 0.1) is 5.92 Å². The third-order valence-electron chi connectivity index (χ3n) is 5.54. The Morgan fingerprint density at radius 3 is 2.59 bits per heavy atom. The predicted molar refractivity (Wildman–Crippen MR) is 108 cm³/mol. The molecule has 1 aromatic carbocycles. The predicted octanol–water partition coefficient (Wildman–Crippen LogP) is 3.80. The van der Waals surface area contributed by atoms with Gasteiger partial charge in [0.25, 0.3) is 0 Å². The Kier molecular flexibility index (Phi) is 5.94. The van der Waals surface area contributed by atoms with Crippen molar-refractivity contribution in [3.63, 3.8) is 0 Å². The smallest absolute Gasteiger partial charge is 0.233 e. The topological polar surface area (TPSA) is 98.5 Å². The molecule has 1 aromatic heterocycles. The highest BCUT2D eigenvalue weighted by atomic mass is 35.5. The molecule has 0 spiro atoms. The Morgan fingerprint density at radius 1 is 1.21 bits per heavy atom. The Labute approximate surface area is 174 Å². The summed E-state index contributed by atoms with van der Waals surface area (Å²) in [6, 6.07) is 6.42. The van der Waals surface area contributed by atoms with Crippen molar-refractivity contribution in [2.24, 2.45) is 5.92 Å². The highest BCUT2D eigenvalue weighted by Crippen LogP contribution is 2.38. The number of nitrogens with zero attached hydrogens (tertiary/aromatic N) is 1. The summed E-state index contributed by atoms with van der Waals surface area (Å²) < 4.78 is 35.3. The van der Waals surface area contributed by atoms with Crippen LogP contribution in [0.5, 0.6) is 0 Å². The third-order valence-corrected chi connectivity index (χ3v) is 8.29. The number of sulfone groups is 1. The molecule has 2 aromatic rings. The first-order valence-electron chi connectivity index (χ1n) is 9.77. The molecule has 1 saturated carbocycles. The lowest BCUT2D eigenvalue weighted by Crippen LogP contribution is -2.26. The van der Waals surface area contributed by atoms with Crippen molar-refractivity contribution < 1.29 is 22.5 Å². The molecule has 0 radical (unpaired) electrons. The molecule has 9 heteroatoms. The molecule has 0 unspecified atom stereocenters. The van der Waals surface area contributed by atoms with E-state index in [1.165, 1.54) is 12.3 Å². The fraction of sp³-hybridized carbons (Fsp3) is 0.500. The zero-order chi connectivity index (χ0) is 20.4. The van der Waals surface area contributed by atoms with Crippen LogP contribution in [0.2, 0.25) is 5.02 Å². The van der Waals surface area contributed by atoms with Gasteiger partial charge in [-0.05, 0) is 55.7 Å². The summed E-state index contributed by atoms with van der Waals surface area (Å²) in [6.45, 7) is 1.36. The molecule has 0 bridgehead atoms. The van der Waals surface area contributed by atoms with Crippen LogP contribution in [0.3, 0.4) is 0 Å². The van der Waals surface area contributed by atoms with Gasteiger partial charge in [0.15, 0.2) is 15.7 Å². The van der Waals surface area contributed by atoms with Crippen LogP contribution in [-0.4, -0.2) is 37.9 Å². The molecule has 1 amide bonds. The van der Waals surface area contributed by atoms with E-state index in [1.807, 2.05) is 0 Å². The monoisotopic (exact) mass is 438 g/mol. The molecule has 2 aliphatic rings. The number of anilines is 1. The quantitative estimate of drug-likeness (QED) is 0.705. The zero-order valence-electron chi connectivity index (χ0n) is 15.8. The molecule has 2 heterocycles. The second-order valence-electron chi connectivity index (χ2n) is 7.65. The molecular weight excluding hydrogens is 416 g/mol. The van der Waals surface area contributed by atoms with Gasteiger partial charge < -0.3 is 14.6 Å². The van der Waals surface area contributed by atoms with Gasteiger partial charge in [0.2, 0.25) is 5.91 Å². The van der Waals surface area contributed by atoms with Crippen molar-refractivity contribution in [2.75, 3.05) is 18.5 Å². The number of rotatable bonds is 7. The van der Waals surface area contributed by atoms with Crippen LogP contribution in [0.25, 0.3) is 0 Å². The molecule has 29 heavy (non-hydrogen) atoms. The minimum absolute atomic E-state index is 0.146. The van der Waals surface area contributed by atoms with Gasteiger partial charge in [-0.25, -0.2) is 8.42 Å². The van der Waals surface area contributed by atoms with E-state index in [-0.39, 0.29) is 21.1 Å². The molecule has 1 N–H and O–H groups in total. The summed E-state index contributed by atoms with van der Waals surface area (Å²) >= 11 is 6.36. The highest BCUT2D eigenvalue weighted by Gasteiger charge is 2.38. The normalized spacial score (nSPS) is 19.1. The number of carbonyl (C=O) groups is 1. The lowest BCUT2D eigenvalue weighted by atomic mass is 9.84. The number of hydrogen-bond donors (Lipinski definition) is 1. The Balaban J connectivity index is 1.60. The second-order valence-corrected chi connectivity index (χ2v) is 10.3. The first kappa shape index (κ1) is 20.4. The van der Waals surface area contributed by atoms with E-state index in [0.717, 1.165) is 12.8 Å². The van der Waals surface area contributed by atoms with Crippen molar-refractivity contribution >= 4 is 33.2 Å². The van der Waals surface area contributed by atoms with Gasteiger partial charge in [0, 0.05) is 19.3 Å². The van der Waals surface area contributed by atoms with Crippen LogP contribution in [-0.2, 0) is 19.4 Å². The highest BCUT2D eigenvalue weighted by molar-refractivity contribution is 7.92. The van der Waals surface area contributed by atoms with Crippen LogP contribution >= 0.6 is 11.6 Å². The van der Waals surface area contributed by atoms with E-state index >= 15 is 0 Å². The first-order valence-corrected chi connectivity index (χ1v) is 11.7. The van der Waals surface area contributed by atoms with E-state index < -0.39 is 15.8 Å². The Hall–Kier alpha value is -1.90. The van der Waals surface area contributed by atoms with Gasteiger partial charge in [-0.15, -0.1) is 0 Å². The number of nitrogens with one attached hydrogen (secondary N) is 1. The van der Waals surface area contributed by atoms with Gasteiger partial charge in [-0.3, -0.25) is 4.79 Å². The number of ether oxygens (including phenoxy) is 1. The van der Waals surface area contributed by atoms with E-state index in [4.69, 9.17) is 20.9 Å². The molecule has 1 atom stereocenters. The summed E-state index contributed by atoms with van der Waals surface area (Å²) in [6.07, 6.45) is 5.13. The molecular formula is C20H23ClN2O5S. The Bertz CT molecular complexity index is 967. The van der Waals surface area contributed by atoms with Crippen LogP contribution in [0.1, 0.15) is 43.6 Å². The summed E-state index contributed by atoms with van der Waals surface area (Å²) in [7, 11) is -3.40. The van der Waals surface area contributed by atoms with Gasteiger partial charge in [-0.2, -0.15) is 0 Å². The van der Waals surface area contributed by atoms with Crippen molar-refractivity contribution in [1.82, 2.24) is 5.16 Å². The van der Waals surface area contributed by atoms with Crippen molar-refractivity contribution in [2.45, 2.75) is 48.2 Å². The summed E-state index contributed by atoms with van der Waals surface area (Å²) in [5.74, 6) is -0.0271. The molecule has 1 aliphatic carbocycles. The lowest BCUT2D eigenvalue weighted by Gasteiger charge is -2.26. The van der Waals surface area contributed by atoms with Gasteiger partial charge >= 0.3 is 0 Å². The van der Waals surface area contributed by atoms with E-state index in [0.29, 0.717) is 49.8 Å². The maximum absolute atomic E-state index is 13.0. The van der Waals surface area contributed by atoms with Crippen molar-refractivity contribution in [3.05, 3.63) is 41.1 Å². The molecule has 156 valence electrons. The number of carbonyl (C=O) groups excluding carboxylic acids is 1. The number of aromatic nitrogens is 1. The van der Waals surface area contributed by atoms with Gasteiger partial charge in [0.1, 0.15) is 6.26 Å². The van der Waals surface area contributed by atoms with Crippen LogP contribution in [0.15, 0.2) is 39.9 Å². The zero-order valence-corrected chi connectivity index (χ0v) is 17.4. The van der Waals surface area contributed by atoms with Crippen LogP contribution < -0.4 is 5.32 Å². The molecule has 7 nitrogen and oxygen atoms in total. The molecule has 1 aliphatic heterocycles. The summed E-state index contributed by atoms with van der Waals surface area (Å²) in [5.41, 5.74) is 0.692. The average molecular weight is 439 g/mol. The van der Waals surface area contributed by atoms with Crippen molar-refractivity contribution in [1.29, 1.82) is 0 Å². The standard InChI is InChI=1S/C20H23ClN2O5S/c21-17-12-14(1-4-18(17)29(25,26)15-2-3-15)16(11-13-5-8-27-9-6-13)20(24)22-19-7-10-28-23-19/h1,4,7,10,12-13,15-16H,2-3,5-6,8-9,11H2,(H,22,23,24)/t16-/m1/s1. The fourth-order valence-corrected chi connectivity index (χ4v) is 5.94. The fourth-order valence-electron chi connectivity index (χ4n) is 3.72. The van der Waals surface area contributed by atoms with Crippen LogP contribution in [0.4, 0.5) is 5.82 Å². The first-order chi connectivity index (χ1) is 13.9. The average Bonchev–Trinajstić information content (AvgIpc) is 3.46. The maximum atomic E-state index is 13.0. The Morgan fingerprint density at radius 2 is 1.97 bits per heavy atom. The molecule has 4 rings (SSSR count). The van der Waals surface area contributed by atoms with E-state index in [2.05, 4.69) is 10.5 Å². The largest absolute Gasteiger partial charge is 0.381 e. The number of halogens is 1. The van der Waals surface area contributed by atoms with Gasteiger partial charge in [0.05, 0.1) is 21.1 Å². The summed E-state index contributed by atoms with van der Waals surface area (Å²) in [4.78, 5) is 13.2. The van der Waals surface area contributed by atoms with E-state index in [9.17, 15) is 13.2 Å². The SMILES string of the molecule is O=C(Nc1ccon1)[C@H](CC1CCOCC1)c1ccc(S(=O)(=O)C2CC2)c(Cl)c1. The molecule has 2 fully saturated rings. The third kappa shape index (κ3) is 4.65. The maximum Gasteiger partial charge on any atom is 0.233 e. The van der Waals surface area contributed by atoms with Crippen molar-refractivity contribution in [3.8, 4) is 0 Å². The molecule has 1 saturated heterocycles. The lowest BCUT2D eigenvalue weighted by molar-refractivity contribution is -0.118. The number of amides is 1. The van der Waals surface area contributed by atoms with Gasteiger partial charge in [-0.1, -0.05) is 22.8 Å². The minimum atomic E-state index is -3.40. The van der Waals surface area contributed by atoms with E-state index in [1.54, 1.807) is 18.2 Å². The minimum Gasteiger partial charge on any atom is -0.381 e. The number of hydrogen-bond acceptors (Lipinski definition) is 6. The second kappa shape index (κ2) is 8.45. The number of benzene rings is 1. The summed E-state index contributed by atoms with van der Waals surface area (Å²) in [5, 5.41) is 6.34.